The number of rotatable bonds is 4. The topological polar surface area (TPSA) is 32.3 Å². The van der Waals surface area contributed by atoms with Crippen molar-refractivity contribution in [2.24, 2.45) is 0 Å². The maximum absolute atomic E-state index is 13.5. The van der Waals surface area contributed by atoms with E-state index in [0.29, 0.717) is 5.56 Å². The van der Waals surface area contributed by atoms with E-state index >= 15 is 0 Å². The molecule has 1 N–H and O–H groups in total. The second-order valence-electron chi connectivity index (χ2n) is 3.73. The van der Waals surface area contributed by atoms with Crippen LogP contribution in [0.15, 0.2) is 24.3 Å². The van der Waals surface area contributed by atoms with Gasteiger partial charge in [-0.3, -0.25) is 4.79 Å². The number of hydrogen-bond acceptors (Lipinski definition) is 2. The van der Waals surface area contributed by atoms with Gasteiger partial charge in [-0.05, 0) is 20.0 Å². The fraction of sp³-hybridized carbons (Fsp3) is 0.417. The van der Waals surface area contributed by atoms with Crippen molar-refractivity contribution in [3.05, 3.63) is 35.6 Å². The number of nitrogens with zero attached hydrogens (tertiary/aromatic N) is 1. The van der Waals surface area contributed by atoms with Gasteiger partial charge in [0.2, 0.25) is 5.91 Å². The van der Waals surface area contributed by atoms with Gasteiger partial charge in [0, 0.05) is 12.6 Å². The summed E-state index contributed by atoms with van der Waals surface area (Å²) in [6, 6.07) is 6.25. The number of amides is 1. The lowest BCUT2D eigenvalue weighted by atomic mass is 10.1. The zero-order valence-electron chi connectivity index (χ0n) is 10.2. The van der Waals surface area contributed by atoms with Crippen LogP contribution < -0.4 is 5.32 Å². The lowest BCUT2D eigenvalue weighted by Gasteiger charge is -2.25. The molecule has 1 atom stereocenters. The highest BCUT2D eigenvalue weighted by Crippen LogP contribution is 2.21. The molecule has 0 aromatic heterocycles. The number of halogens is 2. The predicted molar refractivity (Wildman–Crippen MR) is 68.8 cm³/mol. The van der Waals surface area contributed by atoms with Gasteiger partial charge in [0.25, 0.3) is 0 Å². The van der Waals surface area contributed by atoms with E-state index in [0.717, 1.165) is 0 Å². The van der Waals surface area contributed by atoms with Crippen molar-refractivity contribution in [1.82, 2.24) is 10.2 Å². The largest absolute Gasteiger partial charge is 0.338 e. The summed E-state index contributed by atoms with van der Waals surface area (Å²) in [6.07, 6.45) is 0. The lowest BCUT2D eigenvalue weighted by molar-refractivity contribution is -0.130. The molecule has 3 nitrogen and oxygen atoms in total. The van der Waals surface area contributed by atoms with E-state index in [1.165, 1.54) is 11.0 Å². The van der Waals surface area contributed by atoms with E-state index in [-0.39, 0.29) is 36.7 Å². The van der Waals surface area contributed by atoms with Gasteiger partial charge in [0.1, 0.15) is 5.82 Å². The Morgan fingerprint density at radius 3 is 2.59 bits per heavy atom. The quantitative estimate of drug-likeness (QED) is 0.898. The minimum Gasteiger partial charge on any atom is -0.338 e. The molecule has 0 aliphatic rings. The third kappa shape index (κ3) is 3.98. The smallest absolute Gasteiger partial charge is 0.236 e. The SMILES string of the molecule is CNCC(=O)N(C)C(C)c1ccccc1F.Cl. The van der Waals surface area contributed by atoms with Gasteiger partial charge in [-0.15, -0.1) is 12.4 Å². The standard InChI is InChI=1S/C12H17FN2O.ClH/c1-9(15(3)12(16)8-14-2)10-6-4-5-7-11(10)13;/h4-7,9,14H,8H2,1-3H3;1H. The molecule has 0 bridgehead atoms. The van der Waals surface area contributed by atoms with Gasteiger partial charge in [-0.1, -0.05) is 18.2 Å². The Bertz CT molecular complexity index is 373. The molecule has 1 unspecified atom stereocenters. The fourth-order valence-corrected chi connectivity index (χ4v) is 1.51. The van der Waals surface area contributed by atoms with E-state index in [1.807, 2.05) is 6.92 Å². The molecule has 1 aromatic carbocycles. The molecule has 1 rings (SSSR count). The van der Waals surface area contributed by atoms with E-state index in [1.54, 1.807) is 32.3 Å². The highest BCUT2D eigenvalue weighted by Gasteiger charge is 2.18. The van der Waals surface area contributed by atoms with Gasteiger partial charge >= 0.3 is 0 Å². The zero-order valence-corrected chi connectivity index (χ0v) is 11.1. The number of likely N-dealkylation sites (N-methyl/N-ethyl adjacent to an activating group) is 2. The normalized spacial score (nSPS) is 11.5. The molecule has 0 aliphatic heterocycles. The van der Waals surface area contributed by atoms with Crippen LogP contribution in [0.25, 0.3) is 0 Å². The maximum atomic E-state index is 13.5. The molecule has 5 heteroatoms. The van der Waals surface area contributed by atoms with Gasteiger partial charge in [-0.25, -0.2) is 4.39 Å². The number of carbonyl (C=O) groups excluding carboxylic acids is 1. The van der Waals surface area contributed by atoms with Crippen molar-refractivity contribution in [1.29, 1.82) is 0 Å². The van der Waals surface area contributed by atoms with Crippen molar-refractivity contribution >= 4 is 18.3 Å². The minimum absolute atomic E-state index is 0. The molecule has 0 fully saturated rings. The molecule has 0 radical (unpaired) electrons. The average Bonchev–Trinajstić information content (AvgIpc) is 2.28. The third-order valence-corrected chi connectivity index (χ3v) is 2.66. The number of nitrogens with one attached hydrogen (secondary N) is 1. The first-order chi connectivity index (χ1) is 7.57. The average molecular weight is 261 g/mol. The van der Waals surface area contributed by atoms with Crippen LogP contribution in [-0.2, 0) is 4.79 Å². The molecule has 96 valence electrons. The Balaban J connectivity index is 0.00000256. The lowest BCUT2D eigenvalue weighted by Crippen LogP contribution is -2.36. The highest BCUT2D eigenvalue weighted by atomic mass is 35.5. The van der Waals surface area contributed by atoms with Crippen molar-refractivity contribution < 1.29 is 9.18 Å². The molecule has 1 aromatic rings. The van der Waals surface area contributed by atoms with Crippen LogP contribution in [0, 0.1) is 5.82 Å². The number of carbonyl (C=O) groups is 1. The second kappa shape index (κ2) is 7.25. The number of hydrogen-bond donors (Lipinski definition) is 1. The van der Waals surface area contributed by atoms with E-state index < -0.39 is 0 Å². The van der Waals surface area contributed by atoms with E-state index in [2.05, 4.69) is 5.32 Å². The van der Waals surface area contributed by atoms with Crippen LogP contribution in [0.3, 0.4) is 0 Å². The van der Waals surface area contributed by atoms with E-state index in [4.69, 9.17) is 0 Å². The van der Waals surface area contributed by atoms with Crippen LogP contribution in [0.2, 0.25) is 0 Å². The summed E-state index contributed by atoms with van der Waals surface area (Å²) in [7, 11) is 3.39. The van der Waals surface area contributed by atoms with Gasteiger partial charge in [-0.2, -0.15) is 0 Å². The summed E-state index contributed by atoms with van der Waals surface area (Å²) in [5.74, 6) is -0.336. The Labute approximate surface area is 107 Å². The summed E-state index contributed by atoms with van der Waals surface area (Å²) in [4.78, 5) is 13.1. The first kappa shape index (κ1) is 15.9. The first-order valence-electron chi connectivity index (χ1n) is 5.22. The number of benzene rings is 1. The van der Waals surface area contributed by atoms with Crippen LogP contribution >= 0.6 is 12.4 Å². The third-order valence-electron chi connectivity index (χ3n) is 2.66. The molecule has 0 saturated heterocycles. The van der Waals surface area contributed by atoms with Gasteiger partial charge in [0.15, 0.2) is 0 Å². The fourth-order valence-electron chi connectivity index (χ4n) is 1.51. The molecule has 0 spiro atoms. The summed E-state index contributed by atoms with van der Waals surface area (Å²) >= 11 is 0. The predicted octanol–water partition coefficient (Wildman–Crippen LogP) is 1.99. The van der Waals surface area contributed by atoms with E-state index in [9.17, 15) is 9.18 Å². The molecule has 0 heterocycles. The van der Waals surface area contributed by atoms with Crippen molar-refractivity contribution in [2.45, 2.75) is 13.0 Å². The Hall–Kier alpha value is -1.13. The summed E-state index contributed by atoms with van der Waals surface area (Å²) in [5.41, 5.74) is 0.537. The highest BCUT2D eigenvalue weighted by molar-refractivity contribution is 5.85. The summed E-state index contributed by atoms with van der Waals surface area (Å²) in [6.45, 7) is 2.07. The maximum Gasteiger partial charge on any atom is 0.236 e. The van der Waals surface area contributed by atoms with Gasteiger partial charge in [0.05, 0.1) is 12.6 Å². The minimum atomic E-state index is -0.279. The van der Waals surface area contributed by atoms with Crippen LogP contribution in [0.5, 0.6) is 0 Å². The first-order valence-corrected chi connectivity index (χ1v) is 5.22. The van der Waals surface area contributed by atoms with Gasteiger partial charge < -0.3 is 10.2 Å². The Kier molecular flexibility index (Phi) is 6.76. The molecule has 1 amide bonds. The van der Waals surface area contributed by atoms with Crippen molar-refractivity contribution in [3.63, 3.8) is 0 Å². The van der Waals surface area contributed by atoms with Crippen molar-refractivity contribution in [3.8, 4) is 0 Å². The molecular formula is C12H18ClFN2O. The van der Waals surface area contributed by atoms with Crippen LogP contribution in [0.1, 0.15) is 18.5 Å². The van der Waals surface area contributed by atoms with Crippen molar-refractivity contribution in [2.75, 3.05) is 20.6 Å². The second-order valence-corrected chi connectivity index (χ2v) is 3.73. The molecular weight excluding hydrogens is 243 g/mol. The Morgan fingerprint density at radius 2 is 2.06 bits per heavy atom. The molecule has 17 heavy (non-hydrogen) atoms. The summed E-state index contributed by atoms with van der Waals surface area (Å²) in [5, 5.41) is 2.78. The monoisotopic (exact) mass is 260 g/mol. The summed E-state index contributed by atoms with van der Waals surface area (Å²) < 4.78 is 13.5. The van der Waals surface area contributed by atoms with Crippen LogP contribution in [-0.4, -0.2) is 31.4 Å². The zero-order chi connectivity index (χ0) is 12.1. The molecule has 0 saturated carbocycles. The Morgan fingerprint density at radius 1 is 1.47 bits per heavy atom. The van der Waals surface area contributed by atoms with Crippen LogP contribution in [0.4, 0.5) is 4.39 Å². The molecule has 0 aliphatic carbocycles.